The normalized spacial score (nSPS) is 17.6. The van der Waals surface area contributed by atoms with Crippen molar-refractivity contribution in [2.24, 2.45) is 0 Å². The Hall–Kier alpha value is -1.81. The minimum atomic E-state index is 0.131. The van der Waals surface area contributed by atoms with Crippen LogP contribution in [0.2, 0.25) is 0 Å². The summed E-state index contributed by atoms with van der Waals surface area (Å²) in [6.07, 6.45) is 2.82. The molecule has 99 valence electrons. The largest absolute Gasteiger partial charge is 0.361 e. The number of amides is 1. The van der Waals surface area contributed by atoms with Crippen molar-refractivity contribution in [3.05, 3.63) is 36.0 Å². The first-order valence-corrected chi connectivity index (χ1v) is 6.71. The molecule has 1 aliphatic heterocycles. The number of nitrogens with zero attached hydrogens (tertiary/aromatic N) is 2. The average molecular weight is 256 g/mol. The third-order valence-corrected chi connectivity index (χ3v) is 3.73. The predicted molar refractivity (Wildman–Crippen MR) is 75.2 cm³/mol. The first-order valence-electron chi connectivity index (χ1n) is 6.71. The number of aromatic amines is 1. The molecule has 0 bridgehead atoms. The van der Waals surface area contributed by atoms with Gasteiger partial charge in [-0.3, -0.25) is 4.79 Å². The highest BCUT2D eigenvalue weighted by molar-refractivity contribution is 5.97. The number of likely N-dealkylation sites (N-methyl/N-ethyl adjacent to an activating group) is 1. The third-order valence-electron chi connectivity index (χ3n) is 3.73. The molecule has 0 unspecified atom stereocenters. The molecule has 0 atom stereocenters. The van der Waals surface area contributed by atoms with Gasteiger partial charge < -0.3 is 14.8 Å². The summed E-state index contributed by atoms with van der Waals surface area (Å²) in [5.74, 6) is 0.131. The molecule has 3 rings (SSSR count). The number of hydrogen-bond acceptors (Lipinski definition) is 2. The molecule has 19 heavy (non-hydrogen) atoms. The monoisotopic (exact) mass is 256 g/mol. The van der Waals surface area contributed by atoms with Gasteiger partial charge in [-0.05, 0) is 32.1 Å². The standard InChI is InChI=1S/C15H18N3O/c1-17-7-2-8-18(10-9-17)15(19)13-4-3-12-5-6-16-14(12)11-13/h3-4,6,11,16H,2,7-10H2,1H3. The van der Waals surface area contributed by atoms with Gasteiger partial charge in [0.2, 0.25) is 0 Å². The maximum atomic E-state index is 12.5. The highest BCUT2D eigenvalue weighted by Crippen LogP contribution is 2.16. The van der Waals surface area contributed by atoms with Crippen LogP contribution in [0.25, 0.3) is 10.9 Å². The van der Waals surface area contributed by atoms with Crippen molar-refractivity contribution in [3.63, 3.8) is 0 Å². The van der Waals surface area contributed by atoms with Crippen LogP contribution in [-0.4, -0.2) is 53.9 Å². The summed E-state index contributed by atoms with van der Waals surface area (Å²) < 4.78 is 0. The molecule has 0 saturated carbocycles. The van der Waals surface area contributed by atoms with E-state index in [1.165, 1.54) is 0 Å². The van der Waals surface area contributed by atoms with Crippen molar-refractivity contribution in [1.82, 2.24) is 14.8 Å². The van der Waals surface area contributed by atoms with Crippen LogP contribution in [0.1, 0.15) is 16.8 Å². The van der Waals surface area contributed by atoms with E-state index in [2.05, 4.69) is 23.0 Å². The average Bonchev–Trinajstić information content (AvgIpc) is 2.78. The zero-order chi connectivity index (χ0) is 13.2. The van der Waals surface area contributed by atoms with Gasteiger partial charge in [0.15, 0.2) is 0 Å². The van der Waals surface area contributed by atoms with Crippen molar-refractivity contribution in [2.45, 2.75) is 6.42 Å². The predicted octanol–water partition coefficient (Wildman–Crippen LogP) is 1.75. The fourth-order valence-electron chi connectivity index (χ4n) is 2.55. The van der Waals surface area contributed by atoms with Gasteiger partial charge in [-0.15, -0.1) is 0 Å². The van der Waals surface area contributed by atoms with Gasteiger partial charge in [0, 0.05) is 48.4 Å². The Balaban J connectivity index is 1.82. The molecule has 1 radical (unpaired) electrons. The second-order valence-electron chi connectivity index (χ2n) is 5.14. The number of carbonyl (C=O) groups is 1. The molecule has 1 amide bonds. The second kappa shape index (κ2) is 5.05. The van der Waals surface area contributed by atoms with E-state index in [1.807, 2.05) is 23.1 Å². The Morgan fingerprint density at radius 1 is 1.26 bits per heavy atom. The number of nitrogens with one attached hydrogen (secondary N) is 1. The minimum absolute atomic E-state index is 0.131. The zero-order valence-corrected chi connectivity index (χ0v) is 11.1. The molecule has 2 aromatic rings. The number of benzene rings is 1. The van der Waals surface area contributed by atoms with E-state index in [0.717, 1.165) is 49.1 Å². The van der Waals surface area contributed by atoms with Crippen LogP contribution < -0.4 is 0 Å². The lowest BCUT2D eigenvalue weighted by molar-refractivity contribution is 0.0763. The summed E-state index contributed by atoms with van der Waals surface area (Å²) in [5, 5.41) is 1.02. The number of hydrogen-bond donors (Lipinski definition) is 1. The first-order chi connectivity index (χ1) is 9.24. The molecular weight excluding hydrogens is 238 g/mol. The van der Waals surface area contributed by atoms with Crippen molar-refractivity contribution < 1.29 is 4.79 Å². The molecule has 4 nitrogen and oxygen atoms in total. The van der Waals surface area contributed by atoms with Crippen LogP contribution in [0.4, 0.5) is 0 Å². The van der Waals surface area contributed by atoms with E-state index < -0.39 is 0 Å². The minimum Gasteiger partial charge on any atom is -0.361 e. The smallest absolute Gasteiger partial charge is 0.253 e. The van der Waals surface area contributed by atoms with Gasteiger partial charge in [-0.25, -0.2) is 0 Å². The molecule has 4 heteroatoms. The van der Waals surface area contributed by atoms with Crippen LogP contribution in [-0.2, 0) is 0 Å². The Bertz CT molecular complexity index is 590. The summed E-state index contributed by atoms with van der Waals surface area (Å²) in [5.41, 5.74) is 1.73. The Labute approximate surface area is 113 Å². The maximum Gasteiger partial charge on any atom is 0.253 e. The van der Waals surface area contributed by atoms with E-state index in [1.54, 1.807) is 6.20 Å². The lowest BCUT2D eigenvalue weighted by Gasteiger charge is -2.20. The number of carbonyl (C=O) groups excluding carboxylic acids is 1. The molecular formula is C15H18N3O. The van der Waals surface area contributed by atoms with Crippen molar-refractivity contribution in [2.75, 3.05) is 33.2 Å². The van der Waals surface area contributed by atoms with Crippen molar-refractivity contribution in [1.29, 1.82) is 0 Å². The van der Waals surface area contributed by atoms with Gasteiger partial charge >= 0.3 is 0 Å². The number of H-pyrrole nitrogens is 1. The molecule has 1 N–H and O–H groups in total. The van der Waals surface area contributed by atoms with Gasteiger partial charge in [-0.1, -0.05) is 6.07 Å². The molecule has 0 spiro atoms. The van der Waals surface area contributed by atoms with Crippen LogP contribution in [0, 0.1) is 6.07 Å². The highest BCUT2D eigenvalue weighted by atomic mass is 16.2. The first kappa shape index (κ1) is 12.2. The van der Waals surface area contributed by atoms with Gasteiger partial charge in [0.05, 0.1) is 0 Å². The lowest BCUT2D eigenvalue weighted by atomic mass is 10.1. The quantitative estimate of drug-likeness (QED) is 0.844. The van der Waals surface area contributed by atoms with E-state index in [9.17, 15) is 4.79 Å². The van der Waals surface area contributed by atoms with Crippen molar-refractivity contribution >= 4 is 16.8 Å². The van der Waals surface area contributed by atoms with Crippen LogP contribution in [0.15, 0.2) is 24.4 Å². The van der Waals surface area contributed by atoms with Crippen molar-refractivity contribution in [3.8, 4) is 0 Å². The van der Waals surface area contributed by atoms with E-state index in [4.69, 9.17) is 0 Å². The SMILES string of the molecule is CN1CCCN(C(=O)c2ccc3[c]c[nH]c3c2)CC1. The molecule has 1 aromatic heterocycles. The molecule has 0 aliphatic carbocycles. The Morgan fingerprint density at radius 3 is 3.05 bits per heavy atom. The van der Waals surface area contributed by atoms with Gasteiger partial charge in [0.25, 0.3) is 5.91 Å². The van der Waals surface area contributed by atoms with Crippen LogP contribution >= 0.6 is 0 Å². The topological polar surface area (TPSA) is 39.3 Å². The molecule has 1 fully saturated rings. The Kier molecular flexibility index (Phi) is 3.25. The summed E-state index contributed by atoms with van der Waals surface area (Å²) in [6.45, 7) is 3.67. The van der Waals surface area contributed by atoms with Crippen LogP contribution in [0.3, 0.4) is 0 Å². The zero-order valence-electron chi connectivity index (χ0n) is 11.1. The molecule has 2 heterocycles. The van der Waals surface area contributed by atoms with E-state index in [-0.39, 0.29) is 5.91 Å². The summed E-state index contributed by atoms with van der Waals surface area (Å²) >= 11 is 0. The van der Waals surface area contributed by atoms with E-state index in [0.29, 0.717) is 0 Å². The molecule has 1 saturated heterocycles. The summed E-state index contributed by atoms with van der Waals surface area (Å²) in [6, 6.07) is 8.85. The third kappa shape index (κ3) is 2.49. The lowest BCUT2D eigenvalue weighted by Crippen LogP contribution is -2.34. The van der Waals surface area contributed by atoms with Crippen LogP contribution in [0.5, 0.6) is 0 Å². The fraction of sp³-hybridized carbons (Fsp3) is 0.400. The highest BCUT2D eigenvalue weighted by Gasteiger charge is 2.19. The molecule has 1 aliphatic rings. The number of fused-ring (bicyclic) bond motifs is 1. The number of rotatable bonds is 1. The molecule has 1 aromatic carbocycles. The second-order valence-corrected chi connectivity index (χ2v) is 5.14. The van der Waals surface area contributed by atoms with E-state index >= 15 is 0 Å². The fourth-order valence-corrected chi connectivity index (χ4v) is 2.55. The van der Waals surface area contributed by atoms with Gasteiger partial charge in [0.1, 0.15) is 0 Å². The maximum absolute atomic E-state index is 12.5. The Morgan fingerprint density at radius 2 is 2.16 bits per heavy atom. The summed E-state index contributed by atoms with van der Waals surface area (Å²) in [7, 11) is 2.11. The summed E-state index contributed by atoms with van der Waals surface area (Å²) in [4.78, 5) is 19.8. The van der Waals surface area contributed by atoms with Gasteiger partial charge in [-0.2, -0.15) is 0 Å². The number of aromatic nitrogens is 1.